The minimum absolute atomic E-state index is 0.0217. The summed E-state index contributed by atoms with van der Waals surface area (Å²) in [7, 11) is 0. The van der Waals surface area contributed by atoms with Crippen LogP contribution in [-0.4, -0.2) is 46.8 Å². The van der Waals surface area contributed by atoms with Gasteiger partial charge >= 0.3 is 12.1 Å². The van der Waals surface area contributed by atoms with Crippen LogP contribution in [0.4, 0.5) is 9.59 Å². The zero-order chi connectivity index (χ0) is 13.2. The first kappa shape index (κ1) is 13.8. The molecular formula is C11H22N4O2. The zero-order valence-corrected chi connectivity index (χ0v) is 11.2. The lowest BCUT2D eigenvalue weighted by molar-refractivity contribution is 0.0671. The number of hydrogen-bond donors (Lipinski definition) is 2. The molecule has 1 fully saturated rings. The molecule has 6 heteroatoms. The first-order chi connectivity index (χ1) is 7.90. The number of nitrogens with one attached hydrogen (secondary N) is 2. The number of rotatable bonds is 4. The summed E-state index contributed by atoms with van der Waals surface area (Å²) in [6, 6.07) is -0.711. The molecule has 17 heavy (non-hydrogen) atoms. The van der Waals surface area contributed by atoms with E-state index in [1.165, 1.54) is 4.90 Å². The molecule has 0 aromatic rings. The van der Waals surface area contributed by atoms with E-state index in [0.29, 0.717) is 6.54 Å². The third-order valence-corrected chi connectivity index (χ3v) is 2.65. The fourth-order valence-corrected chi connectivity index (χ4v) is 1.89. The van der Waals surface area contributed by atoms with Gasteiger partial charge in [-0.05, 0) is 34.2 Å². The molecule has 0 radical (unpaired) electrons. The van der Waals surface area contributed by atoms with Crippen molar-refractivity contribution in [3.63, 3.8) is 0 Å². The van der Waals surface area contributed by atoms with Gasteiger partial charge in [0.05, 0.1) is 0 Å². The second kappa shape index (κ2) is 5.35. The maximum Gasteiger partial charge on any atom is 0.331 e. The van der Waals surface area contributed by atoms with Crippen molar-refractivity contribution < 1.29 is 9.59 Å². The number of amides is 4. The summed E-state index contributed by atoms with van der Waals surface area (Å²) < 4.78 is 0. The molecule has 1 atom stereocenters. The summed E-state index contributed by atoms with van der Waals surface area (Å²) in [6.45, 7) is 10.1. The van der Waals surface area contributed by atoms with Crippen LogP contribution in [0.5, 0.6) is 0 Å². The van der Waals surface area contributed by atoms with Crippen molar-refractivity contribution in [1.29, 1.82) is 0 Å². The summed E-state index contributed by atoms with van der Waals surface area (Å²) in [5.74, 6) is 0. The predicted octanol–water partition coefficient (Wildman–Crippen LogP) is 1.14. The fraction of sp³-hybridized carbons (Fsp3) is 0.818. The summed E-state index contributed by atoms with van der Waals surface area (Å²) in [4.78, 5) is 27.0. The van der Waals surface area contributed by atoms with Crippen LogP contribution < -0.4 is 10.6 Å². The normalized spacial score (nSPS) is 21.5. The summed E-state index contributed by atoms with van der Waals surface area (Å²) in [5, 5.41) is 5.87. The third-order valence-electron chi connectivity index (χ3n) is 2.65. The van der Waals surface area contributed by atoms with E-state index >= 15 is 0 Å². The third kappa shape index (κ3) is 2.69. The van der Waals surface area contributed by atoms with Crippen LogP contribution in [0.1, 0.15) is 34.6 Å². The topological polar surface area (TPSA) is 64.7 Å². The van der Waals surface area contributed by atoms with Crippen molar-refractivity contribution in [2.45, 2.75) is 53.0 Å². The Balaban J connectivity index is 2.96. The molecule has 0 saturated carbocycles. The lowest BCUT2D eigenvalue weighted by atomic mass is 10.2. The van der Waals surface area contributed by atoms with Gasteiger partial charge in [0.25, 0.3) is 0 Å². The molecule has 0 aliphatic carbocycles. The van der Waals surface area contributed by atoms with Crippen molar-refractivity contribution in [2.75, 3.05) is 6.54 Å². The second-order valence-electron chi connectivity index (χ2n) is 4.66. The van der Waals surface area contributed by atoms with Crippen molar-refractivity contribution in [3.05, 3.63) is 0 Å². The lowest BCUT2D eigenvalue weighted by Gasteiger charge is -2.44. The van der Waals surface area contributed by atoms with Crippen LogP contribution in [0.15, 0.2) is 0 Å². The molecule has 1 heterocycles. The number of imide groups is 1. The largest absolute Gasteiger partial charge is 0.331 e. The molecule has 1 unspecified atom stereocenters. The fourth-order valence-electron chi connectivity index (χ4n) is 1.89. The molecule has 0 aromatic carbocycles. The molecule has 6 nitrogen and oxygen atoms in total. The van der Waals surface area contributed by atoms with Gasteiger partial charge in [0, 0.05) is 12.1 Å². The van der Waals surface area contributed by atoms with Gasteiger partial charge in [0.1, 0.15) is 0 Å². The van der Waals surface area contributed by atoms with Gasteiger partial charge in [0.15, 0.2) is 6.29 Å². The predicted molar refractivity (Wildman–Crippen MR) is 65.3 cm³/mol. The zero-order valence-electron chi connectivity index (χ0n) is 11.2. The molecule has 0 spiro atoms. The Morgan fingerprint density at radius 3 is 2.24 bits per heavy atom. The number of hydrogen-bond acceptors (Lipinski definition) is 3. The minimum Gasteiger partial charge on any atom is -0.304 e. The summed E-state index contributed by atoms with van der Waals surface area (Å²) in [6.07, 6.45) is -0.421. The SMILES string of the molecule is CCNC1NC(=O)N(C(C)C)C(=O)N1C(C)C. The maximum atomic E-state index is 12.3. The minimum atomic E-state index is -0.421. The standard InChI is InChI=1S/C11H22N4O2/c1-6-12-9-13-10(16)15(8(4)5)11(17)14(9)7(2)3/h7-9,12H,6H2,1-5H3,(H,13,16). The second-order valence-corrected chi connectivity index (χ2v) is 4.66. The van der Waals surface area contributed by atoms with Gasteiger partial charge < -0.3 is 5.32 Å². The van der Waals surface area contributed by atoms with Crippen molar-refractivity contribution in [2.24, 2.45) is 0 Å². The molecule has 4 amide bonds. The molecule has 2 N–H and O–H groups in total. The van der Waals surface area contributed by atoms with E-state index in [1.807, 2.05) is 34.6 Å². The van der Waals surface area contributed by atoms with Crippen molar-refractivity contribution in [3.8, 4) is 0 Å². The van der Waals surface area contributed by atoms with E-state index < -0.39 is 6.29 Å². The highest BCUT2D eigenvalue weighted by atomic mass is 16.2. The van der Waals surface area contributed by atoms with Gasteiger partial charge in [-0.1, -0.05) is 6.92 Å². The number of nitrogens with zero attached hydrogens (tertiary/aromatic N) is 2. The van der Waals surface area contributed by atoms with E-state index in [1.54, 1.807) is 4.90 Å². The Morgan fingerprint density at radius 1 is 1.24 bits per heavy atom. The lowest BCUT2D eigenvalue weighted by Crippen LogP contribution is -2.71. The molecule has 1 saturated heterocycles. The average molecular weight is 242 g/mol. The van der Waals surface area contributed by atoms with Gasteiger partial charge in [-0.3, -0.25) is 10.2 Å². The monoisotopic (exact) mass is 242 g/mol. The van der Waals surface area contributed by atoms with Crippen LogP contribution in [0.2, 0.25) is 0 Å². The van der Waals surface area contributed by atoms with E-state index in [2.05, 4.69) is 10.6 Å². The maximum absolute atomic E-state index is 12.3. The molecule has 1 rings (SSSR count). The van der Waals surface area contributed by atoms with E-state index in [4.69, 9.17) is 0 Å². The van der Waals surface area contributed by atoms with Crippen LogP contribution in [0, 0.1) is 0 Å². The molecule has 1 aliphatic heterocycles. The van der Waals surface area contributed by atoms with E-state index in [9.17, 15) is 9.59 Å². The Bertz CT molecular complexity index is 304. The first-order valence-electron chi connectivity index (χ1n) is 6.05. The number of carbonyl (C=O) groups excluding carboxylic acids is 2. The van der Waals surface area contributed by atoms with Crippen molar-refractivity contribution >= 4 is 12.1 Å². The summed E-state index contributed by atoms with van der Waals surface area (Å²) in [5.41, 5.74) is 0. The first-order valence-corrected chi connectivity index (χ1v) is 6.05. The Labute approximate surface area is 102 Å². The smallest absolute Gasteiger partial charge is 0.304 e. The Kier molecular flexibility index (Phi) is 4.34. The van der Waals surface area contributed by atoms with Crippen LogP contribution in [0.25, 0.3) is 0 Å². The van der Waals surface area contributed by atoms with E-state index in [-0.39, 0.29) is 24.1 Å². The Hall–Kier alpha value is -1.30. The molecule has 0 bridgehead atoms. The molecule has 1 aliphatic rings. The highest BCUT2D eigenvalue weighted by Crippen LogP contribution is 2.15. The quantitative estimate of drug-likeness (QED) is 0.777. The number of carbonyl (C=O) groups is 2. The van der Waals surface area contributed by atoms with E-state index in [0.717, 1.165) is 0 Å². The molecule has 0 aromatic heterocycles. The summed E-state index contributed by atoms with van der Waals surface area (Å²) >= 11 is 0. The van der Waals surface area contributed by atoms with Crippen molar-refractivity contribution in [1.82, 2.24) is 20.4 Å². The molecule has 98 valence electrons. The Morgan fingerprint density at radius 2 is 1.82 bits per heavy atom. The molecular weight excluding hydrogens is 220 g/mol. The number of urea groups is 2. The van der Waals surface area contributed by atoms with Gasteiger partial charge in [-0.15, -0.1) is 0 Å². The highest BCUT2D eigenvalue weighted by molar-refractivity contribution is 5.96. The van der Waals surface area contributed by atoms with Crippen LogP contribution >= 0.6 is 0 Å². The van der Waals surface area contributed by atoms with Gasteiger partial charge in [-0.2, -0.15) is 0 Å². The van der Waals surface area contributed by atoms with Crippen LogP contribution in [-0.2, 0) is 0 Å². The van der Waals surface area contributed by atoms with Gasteiger partial charge in [-0.25, -0.2) is 14.5 Å². The van der Waals surface area contributed by atoms with Gasteiger partial charge in [0.2, 0.25) is 0 Å². The van der Waals surface area contributed by atoms with Crippen LogP contribution in [0.3, 0.4) is 0 Å². The highest BCUT2D eigenvalue weighted by Gasteiger charge is 2.40. The average Bonchev–Trinajstić information content (AvgIpc) is 2.15.